The van der Waals surface area contributed by atoms with Gasteiger partial charge < -0.3 is 14.2 Å². The lowest BCUT2D eigenvalue weighted by molar-refractivity contribution is -0.367. The van der Waals surface area contributed by atoms with Gasteiger partial charge in [-0.2, -0.15) is 13.2 Å². The molecule has 0 atom stereocenters. The van der Waals surface area contributed by atoms with Crippen LogP contribution in [0.5, 0.6) is 0 Å². The van der Waals surface area contributed by atoms with Gasteiger partial charge in [0.05, 0.1) is 6.61 Å². The normalized spacial score (nSPS) is 20.7. The van der Waals surface area contributed by atoms with Crippen LogP contribution in [-0.2, 0) is 19.0 Å². The molecule has 1 aliphatic carbocycles. The van der Waals surface area contributed by atoms with Gasteiger partial charge in [0.25, 0.3) is 0 Å². The first kappa shape index (κ1) is 16.2. The molecule has 0 N–H and O–H groups in total. The van der Waals surface area contributed by atoms with Crippen LogP contribution in [0.1, 0.15) is 33.6 Å². The Balaban J connectivity index is 2.92. The maximum atomic E-state index is 13.1. The molecule has 0 radical (unpaired) electrons. The molecule has 0 bridgehead atoms. The van der Waals surface area contributed by atoms with Crippen molar-refractivity contribution in [3.63, 3.8) is 0 Å². The Morgan fingerprint density at radius 3 is 1.84 bits per heavy atom. The maximum Gasteiger partial charge on any atom is 0.405 e. The highest BCUT2D eigenvalue weighted by molar-refractivity contribution is 5.79. The van der Waals surface area contributed by atoms with E-state index in [4.69, 9.17) is 9.47 Å². The molecule has 1 rings (SSSR count). The number of carbonyl (C=O) groups excluding carboxylic acids is 1. The molecule has 0 heterocycles. The van der Waals surface area contributed by atoms with Crippen molar-refractivity contribution in [3.8, 4) is 0 Å². The number of ether oxygens (including phenoxy) is 3. The van der Waals surface area contributed by atoms with Crippen LogP contribution >= 0.6 is 0 Å². The number of esters is 1. The predicted molar refractivity (Wildman–Crippen MR) is 60.3 cm³/mol. The molecule has 0 saturated heterocycles. The van der Waals surface area contributed by atoms with Crippen LogP contribution in [0.4, 0.5) is 13.2 Å². The summed E-state index contributed by atoms with van der Waals surface area (Å²) in [7, 11) is 0. The Kier molecular flexibility index (Phi) is 4.84. The van der Waals surface area contributed by atoms with Crippen LogP contribution in [0.15, 0.2) is 0 Å². The van der Waals surface area contributed by atoms with Crippen molar-refractivity contribution >= 4 is 5.97 Å². The molecule has 112 valence electrons. The summed E-state index contributed by atoms with van der Waals surface area (Å²) in [5.41, 5.74) is -2.51. The highest BCUT2D eigenvalue weighted by Gasteiger charge is 2.74. The third-order valence-corrected chi connectivity index (χ3v) is 3.17. The van der Waals surface area contributed by atoms with Crippen molar-refractivity contribution < 1.29 is 32.2 Å². The zero-order chi connectivity index (χ0) is 14.7. The largest absolute Gasteiger partial charge is 0.465 e. The quantitative estimate of drug-likeness (QED) is 0.555. The molecule has 0 aromatic heterocycles. The molecule has 1 fully saturated rings. The molecular weight excluding hydrogens is 265 g/mol. The summed E-state index contributed by atoms with van der Waals surface area (Å²) in [6.07, 6.45) is -5.77. The first-order valence-electron chi connectivity index (χ1n) is 6.29. The third-order valence-electron chi connectivity index (χ3n) is 3.17. The third kappa shape index (κ3) is 2.86. The van der Waals surface area contributed by atoms with Crippen molar-refractivity contribution in [2.75, 3.05) is 19.8 Å². The fourth-order valence-corrected chi connectivity index (χ4v) is 2.37. The summed E-state index contributed by atoms with van der Waals surface area (Å²) < 4.78 is 54.5. The van der Waals surface area contributed by atoms with Crippen molar-refractivity contribution in [1.82, 2.24) is 0 Å². The second kappa shape index (κ2) is 5.66. The van der Waals surface area contributed by atoms with Crippen molar-refractivity contribution in [1.29, 1.82) is 0 Å². The summed E-state index contributed by atoms with van der Waals surface area (Å²) >= 11 is 0. The van der Waals surface area contributed by atoms with Crippen LogP contribution in [0, 0.1) is 5.41 Å². The second-order valence-corrected chi connectivity index (χ2v) is 4.43. The summed E-state index contributed by atoms with van der Waals surface area (Å²) in [4.78, 5) is 11.6. The Hall–Kier alpha value is -0.820. The molecule has 0 spiro atoms. The zero-order valence-corrected chi connectivity index (χ0v) is 11.3. The Labute approximate surface area is 110 Å². The van der Waals surface area contributed by atoms with Crippen LogP contribution in [0.3, 0.4) is 0 Å². The molecule has 0 aliphatic heterocycles. The van der Waals surface area contributed by atoms with E-state index >= 15 is 0 Å². The average Bonchev–Trinajstić information content (AvgIpc) is 2.23. The Bertz CT molecular complexity index is 313. The van der Waals surface area contributed by atoms with Gasteiger partial charge in [0.1, 0.15) is 0 Å². The van der Waals surface area contributed by atoms with E-state index in [1.165, 1.54) is 6.92 Å². The van der Waals surface area contributed by atoms with Crippen LogP contribution in [0.2, 0.25) is 0 Å². The summed E-state index contributed by atoms with van der Waals surface area (Å²) in [6.45, 7) is 5.15. The lowest BCUT2D eigenvalue weighted by Gasteiger charge is -2.53. The molecular formula is C12H19F3O4. The fraction of sp³-hybridized carbons (Fsp3) is 0.917. The van der Waals surface area contributed by atoms with E-state index in [9.17, 15) is 18.0 Å². The molecule has 0 aromatic carbocycles. The minimum atomic E-state index is -4.67. The minimum absolute atomic E-state index is 0.0903. The number of halogens is 3. The van der Waals surface area contributed by atoms with Gasteiger partial charge in [0, 0.05) is 26.1 Å². The molecule has 4 nitrogen and oxygen atoms in total. The van der Waals surface area contributed by atoms with Gasteiger partial charge >= 0.3 is 12.1 Å². The van der Waals surface area contributed by atoms with E-state index in [0.717, 1.165) is 0 Å². The smallest absolute Gasteiger partial charge is 0.405 e. The number of alkyl halides is 3. The monoisotopic (exact) mass is 284 g/mol. The SMILES string of the molecule is CCOC(=O)C1(C(F)(F)F)CC(OCC)(OCC)C1. The van der Waals surface area contributed by atoms with E-state index in [1.807, 2.05) is 0 Å². The number of rotatable bonds is 6. The first-order chi connectivity index (χ1) is 8.77. The summed E-state index contributed by atoms with van der Waals surface area (Å²) in [6, 6.07) is 0. The van der Waals surface area contributed by atoms with E-state index in [0.29, 0.717) is 0 Å². The Morgan fingerprint density at radius 1 is 1.05 bits per heavy atom. The highest BCUT2D eigenvalue weighted by atomic mass is 19.4. The lowest BCUT2D eigenvalue weighted by Crippen LogP contribution is -2.65. The van der Waals surface area contributed by atoms with Gasteiger partial charge in [-0.3, -0.25) is 4.79 Å². The highest BCUT2D eigenvalue weighted by Crippen LogP contribution is 2.60. The predicted octanol–water partition coefficient (Wildman–Crippen LogP) is 2.66. The summed E-state index contributed by atoms with van der Waals surface area (Å²) in [5.74, 6) is -2.58. The van der Waals surface area contributed by atoms with Crippen LogP contribution in [-0.4, -0.2) is 37.8 Å². The molecule has 1 aliphatic rings. The first-order valence-corrected chi connectivity index (χ1v) is 6.29. The van der Waals surface area contributed by atoms with Crippen molar-refractivity contribution in [2.45, 2.75) is 45.6 Å². The topological polar surface area (TPSA) is 44.8 Å². The van der Waals surface area contributed by atoms with E-state index in [-0.39, 0.29) is 19.8 Å². The van der Waals surface area contributed by atoms with Gasteiger partial charge in [-0.25, -0.2) is 0 Å². The summed E-state index contributed by atoms with van der Waals surface area (Å²) in [5, 5.41) is 0. The van der Waals surface area contributed by atoms with Crippen molar-refractivity contribution in [2.24, 2.45) is 5.41 Å². The van der Waals surface area contributed by atoms with E-state index in [1.54, 1.807) is 13.8 Å². The van der Waals surface area contributed by atoms with E-state index < -0.39 is 36.2 Å². The number of hydrogen-bond acceptors (Lipinski definition) is 4. The lowest BCUT2D eigenvalue weighted by atomic mass is 9.63. The molecule has 0 aromatic rings. The molecule has 19 heavy (non-hydrogen) atoms. The van der Waals surface area contributed by atoms with Crippen molar-refractivity contribution in [3.05, 3.63) is 0 Å². The zero-order valence-electron chi connectivity index (χ0n) is 11.3. The van der Waals surface area contributed by atoms with Gasteiger partial charge in [-0.15, -0.1) is 0 Å². The van der Waals surface area contributed by atoms with Gasteiger partial charge in [0.15, 0.2) is 11.2 Å². The second-order valence-electron chi connectivity index (χ2n) is 4.43. The van der Waals surface area contributed by atoms with Gasteiger partial charge in [-0.05, 0) is 20.8 Å². The number of carbonyl (C=O) groups is 1. The standard InChI is InChI=1S/C12H19F3O4/c1-4-17-9(16)10(12(13,14)15)7-11(8-10,18-5-2)19-6-3/h4-8H2,1-3H3. The van der Waals surface area contributed by atoms with Crippen LogP contribution < -0.4 is 0 Å². The number of hydrogen-bond donors (Lipinski definition) is 0. The van der Waals surface area contributed by atoms with Gasteiger partial charge in [0.2, 0.25) is 0 Å². The molecule has 0 unspecified atom stereocenters. The average molecular weight is 284 g/mol. The Morgan fingerprint density at radius 2 is 1.53 bits per heavy atom. The molecule has 1 saturated carbocycles. The van der Waals surface area contributed by atoms with E-state index in [2.05, 4.69) is 4.74 Å². The fourth-order valence-electron chi connectivity index (χ4n) is 2.37. The maximum absolute atomic E-state index is 13.1. The minimum Gasteiger partial charge on any atom is -0.465 e. The van der Waals surface area contributed by atoms with Crippen LogP contribution in [0.25, 0.3) is 0 Å². The molecule has 7 heteroatoms. The molecule has 0 amide bonds. The van der Waals surface area contributed by atoms with Gasteiger partial charge in [-0.1, -0.05) is 0 Å².